The summed E-state index contributed by atoms with van der Waals surface area (Å²) in [5.41, 5.74) is -0.926. The van der Waals surface area contributed by atoms with Crippen LogP contribution in [0.3, 0.4) is 0 Å². The molecule has 4 nitrogen and oxygen atoms in total. The van der Waals surface area contributed by atoms with Gasteiger partial charge < -0.3 is 15.3 Å². The van der Waals surface area contributed by atoms with E-state index in [0.717, 1.165) is 25.9 Å². The van der Waals surface area contributed by atoms with Gasteiger partial charge in [0.15, 0.2) is 0 Å². The maximum Gasteiger partial charge on any atom is 0.229 e. The van der Waals surface area contributed by atoms with Crippen molar-refractivity contribution in [3.8, 4) is 0 Å². The van der Waals surface area contributed by atoms with Crippen LogP contribution < -0.4 is 5.32 Å². The molecule has 0 aromatic heterocycles. The second-order valence-electron chi connectivity index (χ2n) is 6.26. The van der Waals surface area contributed by atoms with Gasteiger partial charge in [-0.25, -0.2) is 0 Å². The largest absolute Gasteiger partial charge is 0.386 e. The average molecular weight is 240 g/mol. The summed E-state index contributed by atoms with van der Waals surface area (Å²) in [6, 6.07) is 0. The fraction of sp³-hybridized carbons (Fsp3) is 0.923. The van der Waals surface area contributed by atoms with Gasteiger partial charge in [-0.2, -0.15) is 0 Å². The predicted octanol–water partition coefficient (Wildman–Crippen LogP) is 0.605. The van der Waals surface area contributed by atoms with Crippen molar-refractivity contribution >= 4 is 5.91 Å². The van der Waals surface area contributed by atoms with E-state index in [1.54, 1.807) is 0 Å². The van der Waals surface area contributed by atoms with E-state index in [0.29, 0.717) is 13.1 Å². The molecule has 0 saturated carbocycles. The Balaban J connectivity index is 1.95. The van der Waals surface area contributed by atoms with E-state index in [-0.39, 0.29) is 17.2 Å². The normalized spacial score (nSPS) is 32.4. The van der Waals surface area contributed by atoms with Gasteiger partial charge in [-0.15, -0.1) is 0 Å². The first kappa shape index (κ1) is 12.8. The molecule has 0 aromatic rings. The van der Waals surface area contributed by atoms with Gasteiger partial charge in [0, 0.05) is 6.54 Å². The number of hydrogen-bond acceptors (Lipinski definition) is 3. The van der Waals surface area contributed by atoms with Crippen LogP contribution in [-0.2, 0) is 4.79 Å². The highest BCUT2D eigenvalue weighted by Gasteiger charge is 2.49. The van der Waals surface area contributed by atoms with Crippen molar-refractivity contribution in [2.24, 2.45) is 11.3 Å². The van der Waals surface area contributed by atoms with Crippen LogP contribution in [0.5, 0.6) is 0 Å². The summed E-state index contributed by atoms with van der Waals surface area (Å²) in [7, 11) is 0. The lowest BCUT2D eigenvalue weighted by Gasteiger charge is -2.52. The molecule has 0 radical (unpaired) electrons. The number of hydrogen-bond donors (Lipinski definition) is 2. The van der Waals surface area contributed by atoms with Crippen LogP contribution in [0.1, 0.15) is 33.6 Å². The van der Waals surface area contributed by atoms with Crippen molar-refractivity contribution in [1.29, 1.82) is 0 Å². The first-order valence-electron chi connectivity index (χ1n) is 6.60. The van der Waals surface area contributed by atoms with E-state index in [1.807, 2.05) is 25.7 Å². The van der Waals surface area contributed by atoms with Crippen LogP contribution in [0.2, 0.25) is 0 Å². The maximum absolute atomic E-state index is 12.4. The molecule has 98 valence electrons. The predicted molar refractivity (Wildman–Crippen MR) is 66.6 cm³/mol. The zero-order chi connectivity index (χ0) is 12.7. The minimum atomic E-state index is -0.659. The molecular formula is C13H24N2O2. The number of nitrogens with zero attached hydrogens (tertiary/aromatic N) is 1. The Hall–Kier alpha value is -0.610. The van der Waals surface area contributed by atoms with Crippen LogP contribution in [0, 0.1) is 11.3 Å². The quantitative estimate of drug-likeness (QED) is 0.743. The summed E-state index contributed by atoms with van der Waals surface area (Å²) in [5.74, 6) is 0.416. The highest BCUT2D eigenvalue weighted by molar-refractivity contribution is 5.83. The van der Waals surface area contributed by atoms with Gasteiger partial charge >= 0.3 is 0 Å². The Kier molecular flexibility index (Phi) is 3.21. The first-order chi connectivity index (χ1) is 7.87. The molecule has 2 heterocycles. The molecule has 1 amide bonds. The second-order valence-corrected chi connectivity index (χ2v) is 6.26. The Bertz CT molecular complexity index is 303. The number of amides is 1. The number of likely N-dealkylation sites (tertiary alicyclic amines) is 1. The maximum atomic E-state index is 12.4. The van der Waals surface area contributed by atoms with E-state index in [9.17, 15) is 9.90 Å². The third-order valence-electron chi connectivity index (χ3n) is 4.40. The van der Waals surface area contributed by atoms with Gasteiger partial charge in [-0.05, 0) is 32.2 Å². The van der Waals surface area contributed by atoms with Crippen molar-refractivity contribution in [1.82, 2.24) is 10.2 Å². The third-order valence-corrected chi connectivity index (χ3v) is 4.40. The minimum Gasteiger partial charge on any atom is -0.386 e. The van der Waals surface area contributed by atoms with Gasteiger partial charge in [0.05, 0.1) is 18.5 Å². The lowest BCUT2D eigenvalue weighted by atomic mass is 9.77. The summed E-state index contributed by atoms with van der Waals surface area (Å²) in [6.45, 7) is 8.82. The lowest BCUT2D eigenvalue weighted by Crippen LogP contribution is -2.68. The number of rotatable bonds is 2. The number of nitrogens with one attached hydrogen (secondary N) is 1. The summed E-state index contributed by atoms with van der Waals surface area (Å²) in [4.78, 5) is 14.2. The summed E-state index contributed by atoms with van der Waals surface area (Å²) in [5, 5.41) is 13.5. The SMILES string of the molecule is CC(C)C1(O)CN(C(=O)C2(C)CCCNC2)C1. The van der Waals surface area contributed by atoms with E-state index in [4.69, 9.17) is 0 Å². The molecule has 0 aromatic carbocycles. The highest BCUT2D eigenvalue weighted by Crippen LogP contribution is 2.35. The molecule has 17 heavy (non-hydrogen) atoms. The van der Waals surface area contributed by atoms with Crippen molar-refractivity contribution < 1.29 is 9.90 Å². The fourth-order valence-electron chi connectivity index (χ4n) is 2.74. The number of piperidine rings is 1. The molecule has 0 aliphatic carbocycles. The molecule has 0 spiro atoms. The Morgan fingerprint density at radius 2 is 2.06 bits per heavy atom. The molecular weight excluding hydrogens is 216 g/mol. The zero-order valence-corrected chi connectivity index (χ0v) is 11.1. The third kappa shape index (κ3) is 2.20. The van der Waals surface area contributed by atoms with Gasteiger partial charge in [0.1, 0.15) is 5.60 Å². The van der Waals surface area contributed by atoms with E-state index >= 15 is 0 Å². The van der Waals surface area contributed by atoms with Gasteiger partial charge in [-0.1, -0.05) is 13.8 Å². The van der Waals surface area contributed by atoms with Gasteiger partial charge in [0.2, 0.25) is 5.91 Å². The molecule has 2 fully saturated rings. The van der Waals surface area contributed by atoms with E-state index < -0.39 is 5.60 Å². The highest BCUT2D eigenvalue weighted by atomic mass is 16.3. The van der Waals surface area contributed by atoms with Crippen LogP contribution in [-0.4, -0.2) is 47.7 Å². The summed E-state index contributed by atoms with van der Waals surface area (Å²) in [6.07, 6.45) is 2.01. The Morgan fingerprint density at radius 3 is 2.53 bits per heavy atom. The molecule has 2 aliphatic rings. The number of β-amino-alcohol motifs (C(OH)–C–C–N with tert-alkyl or cyclic N) is 1. The van der Waals surface area contributed by atoms with Crippen LogP contribution in [0.15, 0.2) is 0 Å². The Morgan fingerprint density at radius 1 is 1.41 bits per heavy atom. The topological polar surface area (TPSA) is 52.6 Å². The number of carbonyl (C=O) groups excluding carboxylic acids is 1. The lowest BCUT2D eigenvalue weighted by molar-refractivity contribution is -0.173. The first-order valence-corrected chi connectivity index (χ1v) is 6.60. The standard InChI is InChI=1S/C13H24N2O2/c1-10(2)13(17)8-15(9-13)11(16)12(3)5-4-6-14-7-12/h10,14,17H,4-9H2,1-3H3. The van der Waals surface area contributed by atoms with Gasteiger partial charge in [0.25, 0.3) is 0 Å². The Labute approximate surface area is 103 Å². The molecule has 2 N–H and O–H groups in total. The van der Waals surface area contributed by atoms with Crippen molar-refractivity contribution in [2.75, 3.05) is 26.2 Å². The van der Waals surface area contributed by atoms with Crippen molar-refractivity contribution in [3.63, 3.8) is 0 Å². The summed E-state index contributed by atoms with van der Waals surface area (Å²) < 4.78 is 0. The number of aliphatic hydroxyl groups is 1. The van der Waals surface area contributed by atoms with Crippen LogP contribution in [0.25, 0.3) is 0 Å². The molecule has 2 aliphatic heterocycles. The molecule has 2 rings (SSSR count). The molecule has 1 atom stereocenters. The van der Waals surface area contributed by atoms with Crippen LogP contribution in [0.4, 0.5) is 0 Å². The monoisotopic (exact) mass is 240 g/mol. The fourth-order valence-corrected chi connectivity index (χ4v) is 2.74. The van der Waals surface area contributed by atoms with Gasteiger partial charge in [-0.3, -0.25) is 4.79 Å². The van der Waals surface area contributed by atoms with E-state index in [1.165, 1.54) is 0 Å². The molecule has 1 unspecified atom stereocenters. The minimum absolute atomic E-state index is 0.204. The summed E-state index contributed by atoms with van der Waals surface area (Å²) >= 11 is 0. The van der Waals surface area contributed by atoms with Crippen molar-refractivity contribution in [3.05, 3.63) is 0 Å². The zero-order valence-electron chi connectivity index (χ0n) is 11.1. The molecule has 0 bridgehead atoms. The van der Waals surface area contributed by atoms with E-state index in [2.05, 4.69) is 5.32 Å². The average Bonchev–Trinajstić information content (AvgIpc) is 2.24. The van der Waals surface area contributed by atoms with Crippen LogP contribution >= 0.6 is 0 Å². The second kappa shape index (κ2) is 4.25. The van der Waals surface area contributed by atoms with Crippen molar-refractivity contribution in [2.45, 2.75) is 39.2 Å². The smallest absolute Gasteiger partial charge is 0.229 e. The molecule has 2 saturated heterocycles. The number of carbonyl (C=O) groups is 1. The molecule has 4 heteroatoms.